The molecule has 1 fully saturated rings. The van der Waals surface area contributed by atoms with E-state index in [0.29, 0.717) is 19.7 Å². The summed E-state index contributed by atoms with van der Waals surface area (Å²) in [5.74, 6) is -0.381. The normalized spacial score (nSPS) is 21.6. The van der Waals surface area contributed by atoms with Crippen molar-refractivity contribution in [1.29, 1.82) is 0 Å². The Kier molecular flexibility index (Phi) is 5.33. The molecule has 0 aliphatic carbocycles. The van der Waals surface area contributed by atoms with Crippen LogP contribution in [0.25, 0.3) is 0 Å². The number of nitrogens with zero attached hydrogens (tertiary/aromatic N) is 1. The summed E-state index contributed by atoms with van der Waals surface area (Å²) in [7, 11) is 1.61. The number of methoxy groups -OCH3 is 1. The van der Waals surface area contributed by atoms with Gasteiger partial charge in [-0.05, 0) is 12.5 Å². The van der Waals surface area contributed by atoms with Crippen molar-refractivity contribution in [3.05, 3.63) is 35.9 Å². The smallest absolute Gasteiger partial charge is 0.226 e. The molecule has 5 nitrogen and oxygen atoms in total. The van der Waals surface area contributed by atoms with Crippen LogP contribution in [0.3, 0.4) is 0 Å². The SMILES string of the molecule is CCNC(=O)[C@@H]1CC(=O)N(CCOC)[C@H]1c1ccccc1. The van der Waals surface area contributed by atoms with E-state index in [-0.39, 0.29) is 30.2 Å². The lowest BCUT2D eigenvalue weighted by molar-refractivity contribution is -0.129. The molecule has 0 spiro atoms. The molecule has 21 heavy (non-hydrogen) atoms. The minimum Gasteiger partial charge on any atom is -0.383 e. The number of carbonyl (C=O) groups is 2. The van der Waals surface area contributed by atoms with Gasteiger partial charge in [-0.3, -0.25) is 9.59 Å². The second kappa shape index (κ2) is 7.22. The summed E-state index contributed by atoms with van der Waals surface area (Å²) in [4.78, 5) is 26.3. The second-order valence-corrected chi connectivity index (χ2v) is 5.14. The highest BCUT2D eigenvalue weighted by molar-refractivity contribution is 5.90. The molecule has 1 heterocycles. The van der Waals surface area contributed by atoms with E-state index in [2.05, 4.69) is 5.32 Å². The first-order valence-corrected chi connectivity index (χ1v) is 7.30. The van der Waals surface area contributed by atoms with Crippen LogP contribution in [0.5, 0.6) is 0 Å². The van der Waals surface area contributed by atoms with Crippen LogP contribution in [0.2, 0.25) is 0 Å². The molecule has 1 aromatic rings. The number of carbonyl (C=O) groups excluding carboxylic acids is 2. The number of hydrogen-bond donors (Lipinski definition) is 1. The van der Waals surface area contributed by atoms with Crippen LogP contribution in [0.4, 0.5) is 0 Å². The lowest BCUT2D eigenvalue weighted by Crippen LogP contribution is -2.36. The van der Waals surface area contributed by atoms with Crippen LogP contribution in [0.1, 0.15) is 24.9 Å². The highest BCUT2D eigenvalue weighted by atomic mass is 16.5. The van der Waals surface area contributed by atoms with Crippen molar-refractivity contribution in [1.82, 2.24) is 10.2 Å². The fourth-order valence-electron chi connectivity index (χ4n) is 2.85. The molecule has 2 atom stereocenters. The fraction of sp³-hybridized carbons (Fsp3) is 0.500. The largest absolute Gasteiger partial charge is 0.383 e. The molecule has 2 amide bonds. The summed E-state index contributed by atoms with van der Waals surface area (Å²) < 4.78 is 5.09. The van der Waals surface area contributed by atoms with Gasteiger partial charge in [0.1, 0.15) is 0 Å². The van der Waals surface area contributed by atoms with Crippen LogP contribution in [0, 0.1) is 5.92 Å². The molecular weight excluding hydrogens is 268 g/mol. The van der Waals surface area contributed by atoms with Crippen LogP contribution in [0.15, 0.2) is 30.3 Å². The Morgan fingerprint density at radius 2 is 2.10 bits per heavy atom. The van der Waals surface area contributed by atoms with E-state index in [1.54, 1.807) is 12.0 Å². The second-order valence-electron chi connectivity index (χ2n) is 5.14. The summed E-state index contributed by atoms with van der Waals surface area (Å²) in [6, 6.07) is 9.52. The fourth-order valence-corrected chi connectivity index (χ4v) is 2.85. The first-order chi connectivity index (χ1) is 10.2. The van der Waals surface area contributed by atoms with E-state index >= 15 is 0 Å². The molecule has 114 valence electrons. The quantitative estimate of drug-likeness (QED) is 0.860. The molecule has 0 saturated carbocycles. The van der Waals surface area contributed by atoms with Gasteiger partial charge in [0.2, 0.25) is 11.8 Å². The first-order valence-electron chi connectivity index (χ1n) is 7.30. The number of hydrogen-bond acceptors (Lipinski definition) is 3. The third-order valence-electron chi connectivity index (χ3n) is 3.80. The van der Waals surface area contributed by atoms with Crippen LogP contribution < -0.4 is 5.32 Å². The van der Waals surface area contributed by atoms with Crippen molar-refractivity contribution in [2.75, 3.05) is 26.8 Å². The van der Waals surface area contributed by atoms with E-state index in [0.717, 1.165) is 5.56 Å². The monoisotopic (exact) mass is 290 g/mol. The molecule has 0 bridgehead atoms. The van der Waals surface area contributed by atoms with Gasteiger partial charge in [0.05, 0.1) is 18.6 Å². The van der Waals surface area contributed by atoms with Crippen LogP contribution in [-0.4, -0.2) is 43.5 Å². The van der Waals surface area contributed by atoms with Gasteiger partial charge in [0.25, 0.3) is 0 Å². The highest BCUT2D eigenvalue weighted by Crippen LogP contribution is 2.37. The van der Waals surface area contributed by atoms with E-state index < -0.39 is 0 Å². The summed E-state index contributed by atoms with van der Waals surface area (Å²) in [6.45, 7) is 3.43. The predicted molar refractivity (Wildman–Crippen MR) is 79.6 cm³/mol. The number of nitrogens with one attached hydrogen (secondary N) is 1. The Bertz CT molecular complexity index is 490. The zero-order chi connectivity index (χ0) is 15.2. The number of ether oxygens (including phenoxy) is 1. The highest BCUT2D eigenvalue weighted by Gasteiger charge is 2.43. The molecule has 1 aliphatic rings. The molecule has 0 aromatic heterocycles. The zero-order valence-corrected chi connectivity index (χ0v) is 12.5. The molecule has 1 N–H and O–H groups in total. The molecule has 1 aliphatic heterocycles. The van der Waals surface area contributed by atoms with Crippen LogP contribution in [-0.2, 0) is 14.3 Å². The molecule has 5 heteroatoms. The molecule has 2 rings (SSSR count). The van der Waals surface area contributed by atoms with E-state index in [9.17, 15) is 9.59 Å². The molecule has 0 unspecified atom stereocenters. The molecule has 1 aromatic carbocycles. The topological polar surface area (TPSA) is 58.6 Å². The average Bonchev–Trinajstić information content (AvgIpc) is 2.83. The molecule has 1 saturated heterocycles. The summed E-state index contributed by atoms with van der Waals surface area (Å²) >= 11 is 0. The number of amides is 2. The molecule has 0 radical (unpaired) electrons. The Morgan fingerprint density at radius 1 is 1.38 bits per heavy atom. The van der Waals surface area contributed by atoms with Gasteiger partial charge in [-0.15, -0.1) is 0 Å². The van der Waals surface area contributed by atoms with Crippen molar-refractivity contribution >= 4 is 11.8 Å². The third-order valence-corrected chi connectivity index (χ3v) is 3.80. The van der Waals surface area contributed by atoms with Gasteiger partial charge < -0.3 is 15.0 Å². The standard InChI is InChI=1S/C16H22N2O3/c1-3-17-16(20)13-11-14(19)18(9-10-21-2)15(13)12-7-5-4-6-8-12/h4-8,13,15H,3,9-11H2,1-2H3,(H,17,20)/t13-,15+/m1/s1. The van der Waals surface area contributed by atoms with Gasteiger partial charge in [-0.1, -0.05) is 30.3 Å². The summed E-state index contributed by atoms with van der Waals surface area (Å²) in [5.41, 5.74) is 0.996. The van der Waals surface area contributed by atoms with Crippen molar-refractivity contribution in [3.8, 4) is 0 Å². The number of benzene rings is 1. The molecular formula is C16H22N2O3. The Balaban J connectivity index is 2.28. The lowest BCUT2D eigenvalue weighted by atomic mass is 9.93. The summed E-state index contributed by atoms with van der Waals surface area (Å²) in [5, 5.41) is 2.84. The Hall–Kier alpha value is -1.88. The zero-order valence-electron chi connectivity index (χ0n) is 12.5. The third kappa shape index (κ3) is 3.42. The van der Waals surface area contributed by atoms with Gasteiger partial charge in [0.15, 0.2) is 0 Å². The van der Waals surface area contributed by atoms with Crippen LogP contribution >= 0.6 is 0 Å². The maximum absolute atomic E-state index is 12.3. The van der Waals surface area contributed by atoms with E-state index in [1.165, 1.54) is 0 Å². The number of likely N-dealkylation sites (tertiary alicyclic amines) is 1. The van der Waals surface area contributed by atoms with Gasteiger partial charge in [-0.2, -0.15) is 0 Å². The van der Waals surface area contributed by atoms with E-state index in [4.69, 9.17) is 4.74 Å². The minimum absolute atomic E-state index is 0.0113. The maximum atomic E-state index is 12.3. The van der Waals surface area contributed by atoms with Gasteiger partial charge >= 0.3 is 0 Å². The predicted octanol–water partition coefficient (Wildman–Crippen LogP) is 1.36. The Morgan fingerprint density at radius 3 is 2.71 bits per heavy atom. The van der Waals surface area contributed by atoms with Crippen molar-refractivity contribution in [2.45, 2.75) is 19.4 Å². The summed E-state index contributed by atoms with van der Waals surface area (Å²) in [6.07, 6.45) is 0.259. The van der Waals surface area contributed by atoms with Crippen molar-refractivity contribution in [3.63, 3.8) is 0 Å². The average molecular weight is 290 g/mol. The van der Waals surface area contributed by atoms with Gasteiger partial charge in [0, 0.05) is 26.6 Å². The van der Waals surface area contributed by atoms with Gasteiger partial charge in [-0.25, -0.2) is 0 Å². The van der Waals surface area contributed by atoms with Crippen molar-refractivity contribution in [2.24, 2.45) is 5.92 Å². The van der Waals surface area contributed by atoms with E-state index in [1.807, 2.05) is 37.3 Å². The number of rotatable bonds is 6. The minimum atomic E-state index is -0.336. The van der Waals surface area contributed by atoms with Crippen molar-refractivity contribution < 1.29 is 14.3 Å². The maximum Gasteiger partial charge on any atom is 0.226 e. The lowest BCUT2D eigenvalue weighted by Gasteiger charge is -2.28. The Labute approximate surface area is 125 Å². The first kappa shape index (κ1) is 15.5.